The lowest BCUT2D eigenvalue weighted by Crippen LogP contribution is -2.43. The van der Waals surface area contributed by atoms with Gasteiger partial charge in [-0.05, 0) is 24.6 Å². The van der Waals surface area contributed by atoms with Crippen LogP contribution in [0.1, 0.15) is 12.5 Å². The average Bonchev–Trinajstić information content (AvgIpc) is 2.47. The molecule has 0 spiro atoms. The summed E-state index contributed by atoms with van der Waals surface area (Å²) in [6, 6.07) is 6.16. The van der Waals surface area contributed by atoms with Crippen molar-refractivity contribution in [3.8, 4) is 0 Å². The second-order valence-corrected chi connectivity index (χ2v) is 5.24. The van der Waals surface area contributed by atoms with Crippen LogP contribution in [0.25, 0.3) is 0 Å². The Labute approximate surface area is 154 Å². The molecule has 0 aliphatic rings. The summed E-state index contributed by atoms with van der Waals surface area (Å²) in [7, 11) is 3.39. The number of carbonyl (C=O) groups is 1. The number of rotatable bonds is 6. The molecule has 0 radical (unpaired) electrons. The third kappa shape index (κ3) is 9.17. The quantitative estimate of drug-likeness (QED) is 0.312. The van der Waals surface area contributed by atoms with Crippen molar-refractivity contribution in [1.82, 2.24) is 15.5 Å². The van der Waals surface area contributed by atoms with Gasteiger partial charge in [-0.15, -0.1) is 24.0 Å². The molecule has 0 saturated carbocycles. The van der Waals surface area contributed by atoms with Crippen LogP contribution in [0.5, 0.6) is 0 Å². The van der Waals surface area contributed by atoms with Gasteiger partial charge in [0.2, 0.25) is 5.91 Å². The maximum atomic E-state index is 12.9. The number of hydrogen-bond acceptors (Lipinski definition) is 2. The number of hydrogen-bond donors (Lipinski definition) is 2. The van der Waals surface area contributed by atoms with E-state index in [1.165, 1.54) is 17.0 Å². The van der Waals surface area contributed by atoms with Crippen LogP contribution in [0.2, 0.25) is 0 Å². The minimum Gasteiger partial charge on any atom is -0.353 e. The molecule has 0 atom stereocenters. The Morgan fingerprint density at radius 2 is 1.78 bits per heavy atom. The van der Waals surface area contributed by atoms with Crippen LogP contribution >= 0.6 is 24.0 Å². The zero-order valence-corrected chi connectivity index (χ0v) is 16.1. The first-order valence-electron chi connectivity index (χ1n) is 6.99. The second-order valence-electron chi connectivity index (χ2n) is 5.24. The number of likely N-dealkylation sites (N-methyl/N-ethyl adjacent to an activating group) is 1. The molecule has 0 saturated heterocycles. The summed E-state index contributed by atoms with van der Waals surface area (Å²) >= 11 is 0. The summed E-state index contributed by atoms with van der Waals surface area (Å²) < 4.78 is 12.9. The van der Waals surface area contributed by atoms with Gasteiger partial charge in [0.15, 0.2) is 5.96 Å². The third-order valence-electron chi connectivity index (χ3n) is 2.80. The molecular formula is C16H24FIN4O. The predicted molar refractivity (Wildman–Crippen MR) is 102 cm³/mol. The van der Waals surface area contributed by atoms with Crippen LogP contribution in [0, 0.1) is 5.82 Å². The zero-order valence-electron chi connectivity index (χ0n) is 13.7. The number of halogens is 2. The Morgan fingerprint density at radius 3 is 2.30 bits per heavy atom. The van der Waals surface area contributed by atoms with E-state index in [1.807, 2.05) is 6.92 Å². The Balaban J connectivity index is 0.00000484. The summed E-state index contributed by atoms with van der Waals surface area (Å²) in [6.07, 6.45) is 0. The molecule has 0 fully saturated rings. The van der Waals surface area contributed by atoms with Gasteiger partial charge in [0.1, 0.15) is 5.82 Å². The first-order chi connectivity index (χ1) is 10.4. The van der Waals surface area contributed by atoms with E-state index in [2.05, 4.69) is 22.2 Å². The zero-order chi connectivity index (χ0) is 16.5. The molecule has 0 bridgehead atoms. The molecule has 2 N–H and O–H groups in total. The van der Waals surface area contributed by atoms with Gasteiger partial charge >= 0.3 is 0 Å². The van der Waals surface area contributed by atoms with E-state index in [1.54, 1.807) is 26.2 Å². The van der Waals surface area contributed by atoms with E-state index in [0.29, 0.717) is 19.0 Å². The fourth-order valence-corrected chi connectivity index (χ4v) is 1.49. The molecule has 7 heteroatoms. The van der Waals surface area contributed by atoms with E-state index in [4.69, 9.17) is 0 Å². The predicted octanol–water partition coefficient (Wildman–Crippen LogP) is 2.14. The van der Waals surface area contributed by atoms with Gasteiger partial charge in [-0.1, -0.05) is 24.3 Å². The molecule has 0 unspecified atom stereocenters. The molecule has 0 aromatic heterocycles. The fourth-order valence-electron chi connectivity index (χ4n) is 1.49. The first kappa shape index (κ1) is 21.4. The van der Waals surface area contributed by atoms with Crippen molar-refractivity contribution in [3.63, 3.8) is 0 Å². The minimum atomic E-state index is -0.275. The third-order valence-corrected chi connectivity index (χ3v) is 2.80. The lowest BCUT2D eigenvalue weighted by molar-refractivity contribution is -0.127. The van der Waals surface area contributed by atoms with Crippen LogP contribution < -0.4 is 10.6 Å². The van der Waals surface area contributed by atoms with Gasteiger partial charge in [0.05, 0.1) is 13.1 Å². The Bertz CT molecular complexity index is 544. The number of benzene rings is 1. The molecule has 0 heterocycles. The van der Waals surface area contributed by atoms with Crippen molar-refractivity contribution >= 4 is 35.8 Å². The molecule has 1 aromatic rings. The molecule has 5 nitrogen and oxygen atoms in total. The summed E-state index contributed by atoms with van der Waals surface area (Å²) in [4.78, 5) is 17.5. The lowest BCUT2D eigenvalue weighted by atomic mass is 10.2. The summed E-state index contributed by atoms with van der Waals surface area (Å²) in [5.74, 6) is 0.192. The monoisotopic (exact) mass is 434 g/mol. The number of aliphatic imine (C=N–C) groups is 1. The standard InChI is InChI=1S/C16H23FN4O.HI/c1-12(2)9-18-16(20-11-15(22)21(3)4)19-10-13-5-7-14(17)8-6-13;/h5-8H,1,9-11H2,2-4H3,(H2,18,19,20);1H. The summed E-state index contributed by atoms with van der Waals surface area (Å²) in [5, 5.41) is 6.06. The van der Waals surface area contributed by atoms with Gasteiger partial charge in [0.25, 0.3) is 0 Å². The number of carbonyl (C=O) groups excluding carboxylic acids is 1. The molecule has 1 aromatic carbocycles. The summed E-state index contributed by atoms with van der Waals surface area (Å²) in [6.45, 7) is 6.82. The maximum Gasteiger partial charge on any atom is 0.241 e. The average molecular weight is 434 g/mol. The van der Waals surface area contributed by atoms with E-state index in [-0.39, 0.29) is 42.2 Å². The van der Waals surface area contributed by atoms with Crippen molar-refractivity contribution in [1.29, 1.82) is 0 Å². The number of nitrogens with one attached hydrogen (secondary N) is 2. The molecule has 0 aliphatic heterocycles. The van der Waals surface area contributed by atoms with Crippen molar-refractivity contribution in [3.05, 3.63) is 47.8 Å². The topological polar surface area (TPSA) is 56.7 Å². The molecule has 1 amide bonds. The SMILES string of the molecule is C=C(C)CNC(=NCc1ccc(F)cc1)NCC(=O)N(C)C.I. The highest BCUT2D eigenvalue weighted by Gasteiger charge is 2.05. The van der Waals surface area contributed by atoms with Crippen molar-refractivity contribution in [2.45, 2.75) is 13.5 Å². The van der Waals surface area contributed by atoms with Crippen LogP contribution in [0.4, 0.5) is 4.39 Å². The Kier molecular flexibility index (Phi) is 10.2. The van der Waals surface area contributed by atoms with Crippen LogP contribution in [-0.2, 0) is 11.3 Å². The molecular weight excluding hydrogens is 410 g/mol. The van der Waals surface area contributed by atoms with Crippen molar-refractivity contribution in [2.75, 3.05) is 27.2 Å². The fraction of sp³-hybridized carbons (Fsp3) is 0.375. The van der Waals surface area contributed by atoms with Gasteiger partial charge in [0, 0.05) is 20.6 Å². The Morgan fingerprint density at radius 1 is 1.22 bits per heavy atom. The highest BCUT2D eigenvalue weighted by molar-refractivity contribution is 14.0. The van der Waals surface area contributed by atoms with Gasteiger partial charge in [-0.25, -0.2) is 9.38 Å². The smallest absolute Gasteiger partial charge is 0.241 e. The summed E-state index contributed by atoms with van der Waals surface area (Å²) in [5.41, 5.74) is 1.84. The lowest BCUT2D eigenvalue weighted by Gasteiger charge is -2.15. The van der Waals surface area contributed by atoms with E-state index < -0.39 is 0 Å². The van der Waals surface area contributed by atoms with E-state index >= 15 is 0 Å². The van der Waals surface area contributed by atoms with Crippen molar-refractivity contribution < 1.29 is 9.18 Å². The second kappa shape index (κ2) is 11.0. The van der Waals surface area contributed by atoms with E-state index in [9.17, 15) is 9.18 Å². The van der Waals surface area contributed by atoms with Crippen LogP contribution in [-0.4, -0.2) is 44.0 Å². The van der Waals surface area contributed by atoms with Gasteiger partial charge < -0.3 is 15.5 Å². The van der Waals surface area contributed by atoms with E-state index in [0.717, 1.165) is 11.1 Å². The van der Waals surface area contributed by atoms with Crippen LogP contribution in [0.15, 0.2) is 41.4 Å². The van der Waals surface area contributed by atoms with Crippen molar-refractivity contribution in [2.24, 2.45) is 4.99 Å². The van der Waals surface area contributed by atoms with Gasteiger partial charge in [-0.3, -0.25) is 4.79 Å². The molecule has 0 aliphatic carbocycles. The molecule has 128 valence electrons. The highest BCUT2D eigenvalue weighted by atomic mass is 127. The number of amides is 1. The molecule has 23 heavy (non-hydrogen) atoms. The van der Waals surface area contributed by atoms with Gasteiger partial charge in [-0.2, -0.15) is 0 Å². The highest BCUT2D eigenvalue weighted by Crippen LogP contribution is 2.03. The molecule has 1 rings (SSSR count). The largest absolute Gasteiger partial charge is 0.353 e. The number of guanidine groups is 1. The maximum absolute atomic E-state index is 12.9. The minimum absolute atomic E-state index is 0. The normalized spacial score (nSPS) is 10.5. The van der Waals surface area contributed by atoms with Crippen LogP contribution in [0.3, 0.4) is 0 Å². The Hall–Kier alpha value is -1.64. The first-order valence-corrected chi connectivity index (χ1v) is 6.99. The number of nitrogens with zero attached hydrogens (tertiary/aromatic N) is 2.